The molecule has 0 radical (unpaired) electrons. The first-order valence-electron chi connectivity index (χ1n) is 8.63. The van der Waals surface area contributed by atoms with Gasteiger partial charge in [-0.2, -0.15) is 0 Å². The summed E-state index contributed by atoms with van der Waals surface area (Å²) >= 11 is 0. The third kappa shape index (κ3) is 4.27. The Morgan fingerprint density at radius 2 is 2.04 bits per heavy atom. The van der Waals surface area contributed by atoms with Crippen molar-refractivity contribution in [2.45, 2.75) is 38.1 Å². The van der Waals surface area contributed by atoms with Crippen molar-refractivity contribution in [3.63, 3.8) is 0 Å². The van der Waals surface area contributed by atoms with Crippen molar-refractivity contribution in [1.29, 1.82) is 0 Å². The molecule has 1 fully saturated rings. The van der Waals surface area contributed by atoms with E-state index in [4.69, 9.17) is 10.3 Å². The number of amides is 1. The van der Waals surface area contributed by atoms with Gasteiger partial charge in [-0.05, 0) is 5.56 Å². The predicted molar refractivity (Wildman–Crippen MR) is 97.4 cm³/mol. The molecule has 3 rings (SSSR count). The average Bonchev–Trinajstić information content (AvgIpc) is 3.14. The molecule has 1 amide bonds. The van der Waals surface area contributed by atoms with Gasteiger partial charge in [0.1, 0.15) is 0 Å². The normalized spacial score (nSPS) is 21.4. The van der Waals surface area contributed by atoms with Crippen LogP contribution in [0.1, 0.15) is 37.9 Å². The van der Waals surface area contributed by atoms with Crippen LogP contribution in [-0.4, -0.2) is 41.6 Å². The van der Waals surface area contributed by atoms with E-state index in [0.29, 0.717) is 19.0 Å². The minimum absolute atomic E-state index is 0.0352. The molecule has 0 saturated carbocycles. The highest BCUT2D eigenvalue weighted by molar-refractivity contribution is 5.91. The predicted octanol–water partition coefficient (Wildman–Crippen LogP) is 2.34. The molecule has 2 atom stereocenters. The second kappa shape index (κ2) is 6.98. The maximum atomic E-state index is 12.3. The number of anilines is 1. The van der Waals surface area contributed by atoms with Gasteiger partial charge in [0.25, 0.3) is 0 Å². The van der Waals surface area contributed by atoms with Gasteiger partial charge < -0.3 is 10.3 Å². The van der Waals surface area contributed by atoms with Gasteiger partial charge >= 0.3 is 0 Å². The molecule has 0 unspecified atom stereocenters. The number of nitrogens with one attached hydrogen (secondary N) is 1. The Hall–Kier alpha value is -2.18. The van der Waals surface area contributed by atoms with Crippen LogP contribution in [0, 0.1) is 0 Å². The molecule has 1 aromatic carbocycles. The molecule has 2 aromatic rings. The van der Waals surface area contributed by atoms with Gasteiger partial charge in [0.2, 0.25) is 11.8 Å². The zero-order chi connectivity index (χ0) is 18.0. The lowest BCUT2D eigenvalue weighted by atomic mass is 9.92. The molecule has 0 aliphatic carbocycles. The van der Waals surface area contributed by atoms with Crippen molar-refractivity contribution in [1.82, 2.24) is 10.1 Å². The molecule has 6 heteroatoms. The zero-order valence-electron chi connectivity index (χ0n) is 15.0. The van der Waals surface area contributed by atoms with Gasteiger partial charge in [0, 0.05) is 36.5 Å². The van der Waals surface area contributed by atoms with Gasteiger partial charge in [-0.3, -0.25) is 15.0 Å². The van der Waals surface area contributed by atoms with Crippen molar-refractivity contribution in [3.05, 3.63) is 47.7 Å². The molecule has 0 spiro atoms. The van der Waals surface area contributed by atoms with Crippen molar-refractivity contribution in [3.8, 4) is 0 Å². The summed E-state index contributed by atoms with van der Waals surface area (Å²) in [6, 6.07) is 12.0. The van der Waals surface area contributed by atoms with E-state index in [9.17, 15) is 4.79 Å². The van der Waals surface area contributed by atoms with Crippen molar-refractivity contribution >= 4 is 11.8 Å². The van der Waals surface area contributed by atoms with Crippen LogP contribution in [0.25, 0.3) is 0 Å². The molecule has 1 aliphatic heterocycles. The van der Waals surface area contributed by atoms with Gasteiger partial charge in [-0.25, -0.2) is 0 Å². The number of benzene rings is 1. The van der Waals surface area contributed by atoms with E-state index < -0.39 is 0 Å². The largest absolute Gasteiger partial charge is 0.338 e. The van der Waals surface area contributed by atoms with Gasteiger partial charge in [-0.15, -0.1) is 0 Å². The van der Waals surface area contributed by atoms with E-state index in [0.717, 1.165) is 12.2 Å². The number of likely N-dealkylation sites (tertiary alicyclic amines) is 1. The van der Waals surface area contributed by atoms with Crippen LogP contribution in [0.3, 0.4) is 0 Å². The lowest BCUT2D eigenvalue weighted by molar-refractivity contribution is -0.117. The number of hydrogen-bond donors (Lipinski definition) is 2. The first-order valence-corrected chi connectivity index (χ1v) is 8.63. The number of nitrogens with two attached hydrogens (primary N) is 1. The van der Waals surface area contributed by atoms with Gasteiger partial charge in [0.15, 0.2) is 0 Å². The Kier molecular flexibility index (Phi) is 4.92. The first-order chi connectivity index (χ1) is 11.8. The lowest BCUT2D eigenvalue weighted by Crippen LogP contribution is -2.33. The Bertz CT molecular complexity index is 721. The molecule has 134 valence electrons. The standard InChI is InChI=1S/C19H26N4O2/c1-19(2,3)16-9-18(25-22-16)21-17(24)12-23-10-14(15(20)11-23)13-7-5-4-6-8-13/h4-9,14-15H,10-12,20H2,1-3H3,(H,21,24)/t14-,15+/m0/s1. The van der Waals surface area contributed by atoms with Crippen LogP contribution in [0.2, 0.25) is 0 Å². The monoisotopic (exact) mass is 342 g/mol. The molecular formula is C19H26N4O2. The highest BCUT2D eigenvalue weighted by Crippen LogP contribution is 2.26. The number of hydrogen-bond acceptors (Lipinski definition) is 5. The molecule has 2 heterocycles. The molecule has 1 aromatic heterocycles. The summed E-state index contributed by atoms with van der Waals surface area (Å²) in [5, 5.41) is 6.79. The van der Waals surface area contributed by atoms with E-state index in [1.165, 1.54) is 5.56 Å². The second-order valence-electron chi connectivity index (χ2n) is 7.75. The SMILES string of the molecule is CC(C)(C)c1cc(NC(=O)CN2C[C@@H](N)[C@H](c3ccccc3)C2)on1. The maximum Gasteiger partial charge on any atom is 0.240 e. The minimum atomic E-state index is -0.114. The first kappa shape index (κ1) is 17.6. The number of nitrogens with zero attached hydrogens (tertiary/aromatic N) is 2. The van der Waals surface area contributed by atoms with E-state index in [1.54, 1.807) is 6.07 Å². The summed E-state index contributed by atoms with van der Waals surface area (Å²) in [5.41, 5.74) is 8.20. The fourth-order valence-corrected chi connectivity index (χ4v) is 3.16. The summed E-state index contributed by atoms with van der Waals surface area (Å²) in [5.74, 6) is 0.530. The third-order valence-electron chi connectivity index (χ3n) is 4.58. The Balaban J connectivity index is 1.56. The van der Waals surface area contributed by atoms with E-state index in [2.05, 4.69) is 27.5 Å². The van der Waals surface area contributed by atoms with Crippen LogP contribution in [0.5, 0.6) is 0 Å². The Morgan fingerprint density at radius 3 is 2.68 bits per heavy atom. The summed E-state index contributed by atoms with van der Waals surface area (Å²) in [6.45, 7) is 7.92. The van der Waals surface area contributed by atoms with E-state index >= 15 is 0 Å². The molecule has 25 heavy (non-hydrogen) atoms. The fourth-order valence-electron chi connectivity index (χ4n) is 3.16. The van der Waals surface area contributed by atoms with Crippen molar-refractivity contribution < 1.29 is 9.32 Å². The maximum absolute atomic E-state index is 12.3. The van der Waals surface area contributed by atoms with E-state index in [-0.39, 0.29) is 23.3 Å². The van der Waals surface area contributed by atoms with Crippen molar-refractivity contribution in [2.24, 2.45) is 5.73 Å². The number of carbonyl (C=O) groups is 1. The second-order valence-corrected chi connectivity index (χ2v) is 7.75. The number of rotatable bonds is 4. The number of aromatic nitrogens is 1. The molecule has 0 bridgehead atoms. The quantitative estimate of drug-likeness (QED) is 0.891. The van der Waals surface area contributed by atoms with Crippen LogP contribution >= 0.6 is 0 Å². The van der Waals surface area contributed by atoms with Gasteiger partial charge in [0.05, 0.1) is 12.2 Å². The third-order valence-corrected chi connectivity index (χ3v) is 4.58. The zero-order valence-corrected chi connectivity index (χ0v) is 15.0. The minimum Gasteiger partial charge on any atom is -0.338 e. The van der Waals surface area contributed by atoms with Crippen LogP contribution in [0.15, 0.2) is 40.9 Å². The summed E-state index contributed by atoms with van der Waals surface area (Å²) in [6.07, 6.45) is 0. The lowest BCUT2D eigenvalue weighted by Gasteiger charge is -2.15. The molecular weight excluding hydrogens is 316 g/mol. The highest BCUT2D eigenvalue weighted by atomic mass is 16.5. The fraction of sp³-hybridized carbons (Fsp3) is 0.474. The smallest absolute Gasteiger partial charge is 0.240 e. The van der Waals surface area contributed by atoms with Crippen LogP contribution in [0.4, 0.5) is 5.88 Å². The van der Waals surface area contributed by atoms with Crippen LogP contribution in [-0.2, 0) is 10.2 Å². The molecule has 3 N–H and O–H groups in total. The van der Waals surface area contributed by atoms with E-state index in [1.807, 2.05) is 39.0 Å². The molecule has 6 nitrogen and oxygen atoms in total. The van der Waals surface area contributed by atoms with Crippen molar-refractivity contribution in [2.75, 3.05) is 25.0 Å². The van der Waals surface area contributed by atoms with Crippen LogP contribution < -0.4 is 11.1 Å². The topological polar surface area (TPSA) is 84.4 Å². The summed E-state index contributed by atoms with van der Waals surface area (Å²) in [4.78, 5) is 14.4. The summed E-state index contributed by atoms with van der Waals surface area (Å²) in [7, 11) is 0. The Morgan fingerprint density at radius 1 is 1.32 bits per heavy atom. The molecule has 1 saturated heterocycles. The Labute approximate surface area is 148 Å². The average molecular weight is 342 g/mol. The molecule has 1 aliphatic rings. The summed E-state index contributed by atoms with van der Waals surface area (Å²) < 4.78 is 5.21. The highest BCUT2D eigenvalue weighted by Gasteiger charge is 2.32. The number of carbonyl (C=O) groups excluding carboxylic acids is 1. The van der Waals surface area contributed by atoms with Gasteiger partial charge in [-0.1, -0.05) is 56.3 Å².